The Kier molecular flexibility index (Phi) is 2.74. The molecule has 0 spiro atoms. The van der Waals surface area contributed by atoms with Crippen LogP contribution in [0.2, 0.25) is 5.02 Å². The summed E-state index contributed by atoms with van der Waals surface area (Å²) in [5.74, 6) is 0. The topological polar surface area (TPSA) is 72.6 Å². The maximum absolute atomic E-state index is 10.3. The molecule has 0 bridgehead atoms. The lowest BCUT2D eigenvalue weighted by Crippen LogP contribution is -1.86. The molecule has 0 unspecified atom stereocenters. The highest BCUT2D eigenvalue weighted by molar-refractivity contribution is 6.31. The second kappa shape index (κ2) is 3.80. The molecule has 0 heterocycles. The van der Waals surface area contributed by atoms with Crippen molar-refractivity contribution in [3.05, 3.63) is 33.3 Å². The molecule has 1 rings (SSSR count). The van der Waals surface area contributed by atoms with Crippen molar-refractivity contribution in [1.29, 1.82) is 0 Å². The number of isocyanates is 1. The van der Waals surface area contributed by atoms with Gasteiger partial charge in [0.05, 0.1) is 10.6 Å². The van der Waals surface area contributed by atoms with Gasteiger partial charge >= 0.3 is 0 Å². The van der Waals surface area contributed by atoms with Crippen molar-refractivity contribution in [2.24, 2.45) is 4.99 Å². The van der Waals surface area contributed by atoms with Crippen LogP contribution in [0.25, 0.3) is 0 Å². The van der Waals surface area contributed by atoms with Gasteiger partial charge < -0.3 is 0 Å². The van der Waals surface area contributed by atoms with E-state index in [1.165, 1.54) is 18.2 Å². The maximum Gasteiger partial charge on any atom is 0.273 e. The highest BCUT2D eigenvalue weighted by Gasteiger charge is 2.07. The molecule has 0 saturated heterocycles. The first-order valence-corrected chi connectivity index (χ1v) is 3.54. The quantitative estimate of drug-likeness (QED) is 0.317. The smallest absolute Gasteiger partial charge is 0.258 e. The van der Waals surface area contributed by atoms with E-state index in [0.29, 0.717) is 0 Å². The summed E-state index contributed by atoms with van der Waals surface area (Å²) >= 11 is 5.54. The summed E-state index contributed by atoms with van der Waals surface area (Å²) in [6.45, 7) is 0. The fourth-order valence-electron chi connectivity index (χ4n) is 0.782. The third-order valence-electron chi connectivity index (χ3n) is 1.25. The Morgan fingerprint density at radius 1 is 1.46 bits per heavy atom. The number of nitrogens with zero attached hydrogens (tertiary/aromatic N) is 2. The molecular weight excluding hydrogens is 196 g/mol. The van der Waals surface area contributed by atoms with Crippen LogP contribution in [0.4, 0.5) is 11.4 Å². The lowest BCUT2D eigenvalue weighted by molar-refractivity contribution is -0.384. The van der Waals surface area contributed by atoms with Gasteiger partial charge in [-0.05, 0) is 6.07 Å². The van der Waals surface area contributed by atoms with Crippen LogP contribution in [0.15, 0.2) is 23.2 Å². The van der Waals surface area contributed by atoms with Crippen LogP contribution in [-0.4, -0.2) is 11.0 Å². The van der Waals surface area contributed by atoms with Crippen LogP contribution >= 0.6 is 11.6 Å². The minimum Gasteiger partial charge on any atom is -0.258 e. The molecular formula is C7H3ClN2O3. The Morgan fingerprint density at radius 3 is 2.69 bits per heavy atom. The number of non-ortho nitro benzene ring substituents is 1. The summed E-state index contributed by atoms with van der Waals surface area (Å²) in [6, 6.07) is 3.64. The second-order valence-corrected chi connectivity index (χ2v) is 2.56. The van der Waals surface area contributed by atoms with Gasteiger partial charge in [0.15, 0.2) is 0 Å². The highest BCUT2D eigenvalue weighted by atomic mass is 35.5. The molecule has 0 aliphatic rings. The fourth-order valence-corrected chi connectivity index (χ4v) is 1.01. The van der Waals surface area contributed by atoms with Crippen molar-refractivity contribution in [2.45, 2.75) is 0 Å². The predicted octanol–water partition coefficient (Wildman–Crippen LogP) is 2.22. The van der Waals surface area contributed by atoms with Gasteiger partial charge in [-0.2, -0.15) is 4.99 Å². The summed E-state index contributed by atoms with van der Waals surface area (Å²) in [7, 11) is 0. The maximum atomic E-state index is 10.3. The van der Waals surface area contributed by atoms with Crippen LogP contribution in [-0.2, 0) is 4.79 Å². The molecule has 0 fully saturated rings. The van der Waals surface area contributed by atoms with Gasteiger partial charge in [0, 0.05) is 17.2 Å². The van der Waals surface area contributed by atoms with Crippen LogP contribution < -0.4 is 0 Å². The summed E-state index contributed by atoms with van der Waals surface area (Å²) in [5, 5.41) is 10.5. The molecule has 0 N–H and O–H groups in total. The molecule has 0 atom stereocenters. The summed E-state index contributed by atoms with van der Waals surface area (Å²) < 4.78 is 0. The van der Waals surface area contributed by atoms with Gasteiger partial charge in [0.25, 0.3) is 5.69 Å². The first-order valence-electron chi connectivity index (χ1n) is 3.16. The largest absolute Gasteiger partial charge is 0.273 e. The van der Waals surface area contributed by atoms with E-state index >= 15 is 0 Å². The molecule has 66 valence electrons. The van der Waals surface area contributed by atoms with E-state index in [1.807, 2.05) is 0 Å². The fraction of sp³-hybridized carbons (Fsp3) is 0. The summed E-state index contributed by atoms with van der Waals surface area (Å²) in [5.41, 5.74) is -0.0873. The SMILES string of the molecule is O=C=Nc1cc(Cl)cc([N+](=O)[O-])c1. The number of hydrogen-bond donors (Lipinski definition) is 0. The standard InChI is InChI=1S/C7H3ClN2O3/c8-5-1-6(9-4-11)3-7(2-5)10(12)13/h1-3H. The van der Waals surface area contributed by atoms with E-state index in [2.05, 4.69) is 4.99 Å². The highest BCUT2D eigenvalue weighted by Crippen LogP contribution is 2.25. The minimum atomic E-state index is -0.615. The lowest BCUT2D eigenvalue weighted by atomic mass is 10.3. The first-order chi connectivity index (χ1) is 6.13. The van der Waals surface area contributed by atoms with Crippen molar-refractivity contribution < 1.29 is 9.72 Å². The molecule has 0 aliphatic carbocycles. The molecule has 0 aliphatic heterocycles. The predicted molar refractivity (Wildman–Crippen MR) is 45.9 cm³/mol. The van der Waals surface area contributed by atoms with Gasteiger partial charge in [-0.15, -0.1) is 0 Å². The molecule has 0 saturated carbocycles. The second-order valence-electron chi connectivity index (χ2n) is 2.13. The van der Waals surface area contributed by atoms with Gasteiger partial charge in [0.2, 0.25) is 6.08 Å². The number of rotatable bonds is 2. The Bertz CT molecular complexity index is 378. The van der Waals surface area contributed by atoms with E-state index in [9.17, 15) is 14.9 Å². The average molecular weight is 199 g/mol. The molecule has 6 heteroatoms. The van der Waals surface area contributed by atoms with Crippen LogP contribution in [0.1, 0.15) is 0 Å². The number of nitro groups is 1. The lowest BCUT2D eigenvalue weighted by Gasteiger charge is -1.93. The zero-order valence-electron chi connectivity index (χ0n) is 6.23. The summed E-state index contributed by atoms with van der Waals surface area (Å²) in [4.78, 5) is 22.8. The van der Waals surface area contributed by atoms with E-state index in [0.717, 1.165) is 6.07 Å². The number of nitro benzene ring substituents is 1. The van der Waals surface area contributed by atoms with Crippen LogP contribution in [0.5, 0.6) is 0 Å². The van der Waals surface area contributed by atoms with E-state index in [1.54, 1.807) is 0 Å². The normalized spacial score (nSPS) is 9.00. The molecule has 0 aromatic heterocycles. The zero-order chi connectivity index (χ0) is 9.84. The number of carbonyl (C=O) groups excluding carboxylic acids is 1. The molecule has 13 heavy (non-hydrogen) atoms. The zero-order valence-corrected chi connectivity index (χ0v) is 6.99. The van der Waals surface area contributed by atoms with Crippen molar-refractivity contribution in [3.63, 3.8) is 0 Å². The number of halogens is 1. The number of hydrogen-bond acceptors (Lipinski definition) is 4. The number of aliphatic imine (C=N–C) groups is 1. The molecule has 0 radical (unpaired) electrons. The molecule has 1 aromatic rings. The summed E-state index contributed by atoms with van der Waals surface area (Å²) in [6.07, 6.45) is 1.27. The Morgan fingerprint density at radius 2 is 2.15 bits per heavy atom. The monoisotopic (exact) mass is 198 g/mol. The molecule has 0 amide bonds. The third kappa shape index (κ3) is 2.37. The van der Waals surface area contributed by atoms with Crippen LogP contribution in [0.3, 0.4) is 0 Å². The van der Waals surface area contributed by atoms with Gasteiger partial charge in [-0.1, -0.05) is 11.6 Å². The van der Waals surface area contributed by atoms with Crippen molar-refractivity contribution in [2.75, 3.05) is 0 Å². The average Bonchev–Trinajstić information content (AvgIpc) is 2.03. The van der Waals surface area contributed by atoms with Crippen molar-refractivity contribution in [1.82, 2.24) is 0 Å². The minimum absolute atomic E-state index is 0.120. The number of benzene rings is 1. The molecule has 5 nitrogen and oxygen atoms in total. The first kappa shape index (κ1) is 9.38. The Balaban J connectivity index is 3.26. The van der Waals surface area contributed by atoms with Crippen molar-refractivity contribution in [3.8, 4) is 0 Å². The van der Waals surface area contributed by atoms with E-state index in [4.69, 9.17) is 11.6 Å². The van der Waals surface area contributed by atoms with Gasteiger partial charge in [0.1, 0.15) is 0 Å². The van der Waals surface area contributed by atoms with E-state index in [-0.39, 0.29) is 16.4 Å². The molecule has 1 aromatic carbocycles. The Hall–Kier alpha value is -1.71. The van der Waals surface area contributed by atoms with Gasteiger partial charge in [-0.25, -0.2) is 4.79 Å². The van der Waals surface area contributed by atoms with Gasteiger partial charge in [-0.3, -0.25) is 10.1 Å². The third-order valence-corrected chi connectivity index (χ3v) is 1.47. The van der Waals surface area contributed by atoms with Crippen LogP contribution in [0, 0.1) is 10.1 Å². The van der Waals surface area contributed by atoms with Crippen molar-refractivity contribution >= 4 is 29.1 Å². The van der Waals surface area contributed by atoms with E-state index < -0.39 is 4.92 Å². The Labute approximate surface area is 77.8 Å².